The minimum Gasteiger partial charge on any atom is -0.496 e. The molecular formula is C15H21N3O. The van der Waals surface area contributed by atoms with Crippen molar-refractivity contribution in [3.8, 4) is 5.75 Å². The minimum absolute atomic E-state index is 0.793. The highest BCUT2D eigenvalue weighted by Gasteiger charge is 2.03. The number of methoxy groups -OCH3 is 1. The van der Waals surface area contributed by atoms with Crippen LogP contribution in [-0.2, 0) is 19.6 Å². The topological polar surface area (TPSA) is 39.1 Å². The van der Waals surface area contributed by atoms with E-state index in [1.165, 1.54) is 11.3 Å². The Hall–Kier alpha value is -1.81. The Morgan fingerprint density at radius 1 is 1.26 bits per heavy atom. The normalized spacial score (nSPS) is 10.6. The largest absolute Gasteiger partial charge is 0.496 e. The van der Waals surface area contributed by atoms with Gasteiger partial charge in [0.1, 0.15) is 5.75 Å². The maximum atomic E-state index is 5.34. The van der Waals surface area contributed by atoms with E-state index in [1.807, 2.05) is 30.7 Å². The predicted molar refractivity (Wildman–Crippen MR) is 76.1 cm³/mol. The average Bonchev–Trinajstić information content (AvgIpc) is 2.87. The Kier molecular flexibility index (Phi) is 4.98. The molecule has 0 bridgehead atoms. The van der Waals surface area contributed by atoms with Crippen LogP contribution < -0.4 is 10.1 Å². The van der Waals surface area contributed by atoms with E-state index in [9.17, 15) is 0 Å². The molecule has 2 aromatic rings. The molecule has 0 atom stereocenters. The van der Waals surface area contributed by atoms with Gasteiger partial charge in [-0.2, -0.15) is 0 Å². The first-order valence-corrected chi connectivity index (χ1v) is 6.66. The molecule has 0 radical (unpaired) electrons. The summed E-state index contributed by atoms with van der Waals surface area (Å²) in [6, 6.07) is 8.08. The number of nitrogens with one attached hydrogen (secondary N) is 1. The van der Waals surface area contributed by atoms with Gasteiger partial charge >= 0.3 is 0 Å². The van der Waals surface area contributed by atoms with Gasteiger partial charge in [-0.1, -0.05) is 25.1 Å². The summed E-state index contributed by atoms with van der Waals surface area (Å²) in [4.78, 5) is 4.20. The number of nitrogens with zero attached hydrogens (tertiary/aromatic N) is 2. The summed E-state index contributed by atoms with van der Waals surface area (Å²) < 4.78 is 7.53. The predicted octanol–water partition coefficient (Wildman–Crippen LogP) is 2.59. The van der Waals surface area contributed by atoms with Gasteiger partial charge in [-0.25, -0.2) is 4.98 Å². The molecule has 1 N–H and O–H groups in total. The van der Waals surface area contributed by atoms with Crippen molar-refractivity contribution in [3.05, 3.63) is 48.0 Å². The van der Waals surface area contributed by atoms with E-state index in [0.29, 0.717) is 0 Å². The Balaban J connectivity index is 1.91. The van der Waals surface area contributed by atoms with Crippen molar-refractivity contribution in [2.45, 2.75) is 33.0 Å². The van der Waals surface area contributed by atoms with E-state index in [0.717, 1.165) is 31.8 Å². The van der Waals surface area contributed by atoms with Crippen LogP contribution >= 0.6 is 0 Å². The van der Waals surface area contributed by atoms with Crippen molar-refractivity contribution in [3.63, 3.8) is 0 Å². The maximum Gasteiger partial charge on any atom is 0.123 e. The first-order valence-electron chi connectivity index (χ1n) is 6.66. The Bertz CT molecular complexity index is 508. The van der Waals surface area contributed by atoms with Crippen LogP contribution in [0.5, 0.6) is 5.75 Å². The highest BCUT2D eigenvalue weighted by atomic mass is 16.5. The Morgan fingerprint density at radius 3 is 2.89 bits per heavy atom. The van der Waals surface area contributed by atoms with Crippen molar-refractivity contribution < 1.29 is 4.74 Å². The third kappa shape index (κ3) is 3.58. The summed E-state index contributed by atoms with van der Waals surface area (Å²) in [6.45, 7) is 4.80. The fourth-order valence-corrected chi connectivity index (χ4v) is 2.11. The van der Waals surface area contributed by atoms with Crippen LogP contribution in [0.15, 0.2) is 36.8 Å². The number of ether oxygens (including phenoxy) is 1. The molecule has 4 heteroatoms. The second-order valence-electron chi connectivity index (χ2n) is 4.49. The van der Waals surface area contributed by atoms with Crippen LogP contribution in [0.25, 0.3) is 0 Å². The molecule has 19 heavy (non-hydrogen) atoms. The Labute approximate surface area is 114 Å². The first-order chi connectivity index (χ1) is 9.35. The molecule has 1 aromatic heterocycles. The SMILES string of the molecule is CCCn1cncc1CNCc1ccccc1OC. The molecule has 0 spiro atoms. The van der Waals surface area contributed by atoms with E-state index >= 15 is 0 Å². The quantitative estimate of drug-likeness (QED) is 0.830. The molecule has 0 amide bonds. The molecule has 1 heterocycles. The maximum absolute atomic E-state index is 5.34. The van der Waals surface area contributed by atoms with Gasteiger partial charge in [-0.15, -0.1) is 0 Å². The lowest BCUT2D eigenvalue weighted by molar-refractivity contribution is 0.407. The molecule has 1 aromatic carbocycles. The van der Waals surface area contributed by atoms with Crippen LogP contribution in [0.2, 0.25) is 0 Å². The number of para-hydroxylation sites is 1. The van der Waals surface area contributed by atoms with Crippen molar-refractivity contribution >= 4 is 0 Å². The number of imidazole rings is 1. The molecule has 0 saturated heterocycles. The van der Waals surface area contributed by atoms with Crippen molar-refractivity contribution in [1.82, 2.24) is 14.9 Å². The molecule has 0 unspecified atom stereocenters. The number of aromatic nitrogens is 2. The van der Waals surface area contributed by atoms with Gasteiger partial charge in [0.2, 0.25) is 0 Å². The van der Waals surface area contributed by atoms with E-state index in [4.69, 9.17) is 4.74 Å². The smallest absolute Gasteiger partial charge is 0.123 e. The summed E-state index contributed by atoms with van der Waals surface area (Å²) in [5.41, 5.74) is 2.39. The highest BCUT2D eigenvalue weighted by molar-refractivity contribution is 5.32. The van der Waals surface area contributed by atoms with Crippen molar-refractivity contribution in [1.29, 1.82) is 0 Å². The second kappa shape index (κ2) is 6.95. The third-order valence-electron chi connectivity index (χ3n) is 3.08. The molecule has 0 aliphatic carbocycles. The van der Waals surface area contributed by atoms with Crippen LogP contribution in [-0.4, -0.2) is 16.7 Å². The van der Waals surface area contributed by atoms with Crippen molar-refractivity contribution in [2.24, 2.45) is 0 Å². The monoisotopic (exact) mass is 259 g/mol. The summed E-state index contributed by atoms with van der Waals surface area (Å²) in [5, 5.41) is 3.44. The third-order valence-corrected chi connectivity index (χ3v) is 3.08. The molecule has 4 nitrogen and oxygen atoms in total. The standard InChI is InChI=1S/C15H21N3O/c1-3-8-18-12-17-11-14(18)10-16-9-13-6-4-5-7-15(13)19-2/h4-7,11-12,16H,3,8-10H2,1-2H3. The molecule has 2 rings (SSSR count). The van der Waals surface area contributed by atoms with Gasteiger partial charge in [0.15, 0.2) is 0 Å². The summed E-state index contributed by atoms with van der Waals surface area (Å²) in [7, 11) is 1.70. The second-order valence-corrected chi connectivity index (χ2v) is 4.49. The number of benzene rings is 1. The molecule has 0 saturated carbocycles. The average molecular weight is 259 g/mol. The summed E-state index contributed by atoms with van der Waals surface area (Å²) >= 11 is 0. The summed E-state index contributed by atoms with van der Waals surface area (Å²) in [5.74, 6) is 0.928. The van der Waals surface area contributed by atoms with Crippen LogP contribution in [0.1, 0.15) is 24.6 Å². The lowest BCUT2D eigenvalue weighted by atomic mass is 10.2. The van der Waals surface area contributed by atoms with Gasteiger partial charge in [0.25, 0.3) is 0 Å². The van der Waals surface area contributed by atoms with Crippen LogP contribution in [0, 0.1) is 0 Å². The summed E-state index contributed by atoms with van der Waals surface area (Å²) in [6.07, 6.45) is 4.93. The molecular weight excluding hydrogens is 238 g/mol. The van der Waals surface area contributed by atoms with E-state index in [2.05, 4.69) is 27.9 Å². The van der Waals surface area contributed by atoms with Crippen molar-refractivity contribution in [2.75, 3.05) is 7.11 Å². The molecule has 0 fully saturated rings. The molecule has 0 aliphatic rings. The zero-order chi connectivity index (χ0) is 13.5. The number of hydrogen-bond acceptors (Lipinski definition) is 3. The fraction of sp³-hybridized carbons (Fsp3) is 0.400. The first kappa shape index (κ1) is 13.6. The van der Waals surface area contributed by atoms with E-state index in [1.54, 1.807) is 7.11 Å². The van der Waals surface area contributed by atoms with E-state index in [-0.39, 0.29) is 0 Å². The lowest BCUT2D eigenvalue weighted by Gasteiger charge is -2.10. The number of hydrogen-bond donors (Lipinski definition) is 1. The lowest BCUT2D eigenvalue weighted by Crippen LogP contribution is -2.16. The van der Waals surface area contributed by atoms with E-state index < -0.39 is 0 Å². The molecule has 0 aliphatic heterocycles. The minimum atomic E-state index is 0.793. The number of aryl methyl sites for hydroxylation is 1. The fourth-order valence-electron chi connectivity index (χ4n) is 2.11. The van der Waals surface area contributed by atoms with Gasteiger partial charge in [0, 0.05) is 31.4 Å². The van der Waals surface area contributed by atoms with Gasteiger partial charge in [0.05, 0.1) is 19.1 Å². The van der Waals surface area contributed by atoms with Gasteiger partial charge < -0.3 is 14.6 Å². The van der Waals surface area contributed by atoms with Gasteiger partial charge in [-0.3, -0.25) is 0 Å². The van der Waals surface area contributed by atoms with Gasteiger partial charge in [-0.05, 0) is 12.5 Å². The highest BCUT2D eigenvalue weighted by Crippen LogP contribution is 2.16. The zero-order valence-electron chi connectivity index (χ0n) is 11.6. The zero-order valence-corrected chi connectivity index (χ0v) is 11.6. The Morgan fingerprint density at radius 2 is 2.11 bits per heavy atom. The van der Waals surface area contributed by atoms with Crippen LogP contribution in [0.4, 0.5) is 0 Å². The molecule has 102 valence electrons. The van der Waals surface area contributed by atoms with Crippen LogP contribution in [0.3, 0.4) is 0 Å². The number of rotatable bonds is 7.